The molecule has 2 rings (SSSR count). The summed E-state index contributed by atoms with van der Waals surface area (Å²) >= 11 is 0. The molecule has 100 valence electrons. The van der Waals surface area contributed by atoms with Crippen LogP contribution in [0.3, 0.4) is 0 Å². The number of aromatic nitrogens is 2. The van der Waals surface area contributed by atoms with Crippen molar-refractivity contribution in [3.05, 3.63) is 17.8 Å². The van der Waals surface area contributed by atoms with Gasteiger partial charge >= 0.3 is 0 Å². The molecular weight excluding hydrogens is 228 g/mol. The standard InChI is InChI=1S/C13H22N4O/c1-10(2)7-11-3-4-13(17-16-11)15-8-12-9-18-6-5-14-12/h3-4,10,12,14H,5-9H2,1-2H3,(H,15,17). The van der Waals surface area contributed by atoms with Gasteiger partial charge in [-0.05, 0) is 24.5 Å². The van der Waals surface area contributed by atoms with E-state index in [2.05, 4.69) is 34.7 Å². The fourth-order valence-electron chi connectivity index (χ4n) is 1.96. The molecule has 0 bridgehead atoms. The summed E-state index contributed by atoms with van der Waals surface area (Å²) < 4.78 is 5.39. The van der Waals surface area contributed by atoms with E-state index in [1.165, 1.54) is 0 Å². The number of anilines is 1. The highest BCUT2D eigenvalue weighted by Gasteiger charge is 2.12. The molecule has 0 spiro atoms. The second kappa shape index (κ2) is 6.66. The maximum Gasteiger partial charge on any atom is 0.148 e. The maximum atomic E-state index is 5.39. The van der Waals surface area contributed by atoms with E-state index in [9.17, 15) is 0 Å². The van der Waals surface area contributed by atoms with E-state index in [0.717, 1.165) is 44.2 Å². The van der Waals surface area contributed by atoms with Gasteiger partial charge in [0.15, 0.2) is 0 Å². The second-order valence-electron chi connectivity index (χ2n) is 5.11. The van der Waals surface area contributed by atoms with Crippen LogP contribution >= 0.6 is 0 Å². The highest BCUT2D eigenvalue weighted by molar-refractivity contribution is 5.33. The Morgan fingerprint density at radius 3 is 2.94 bits per heavy atom. The molecule has 1 unspecified atom stereocenters. The van der Waals surface area contributed by atoms with Gasteiger partial charge in [0.05, 0.1) is 18.9 Å². The molecule has 0 radical (unpaired) electrons. The van der Waals surface area contributed by atoms with Crippen molar-refractivity contribution in [2.24, 2.45) is 5.92 Å². The predicted molar refractivity (Wildman–Crippen MR) is 71.7 cm³/mol. The first-order valence-corrected chi connectivity index (χ1v) is 6.61. The van der Waals surface area contributed by atoms with Gasteiger partial charge in [0.2, 0.25) is 0 Å². The zero-order valence-corrected chi connectivity index (χ0v) is 11.1. The van der Waals surface area contributed by atoms with E-state index in [4.69, 9.17) is 4.74 Å². The van der Waals surface area contributed by atoms with Crippen molar-refractivity contribution in [1.82, 2.24) is 15.5 Å². The summed E-state index contributed by atoms with van der Waals surface area (Å²) in [5.74, 6) is 1.44. The molecule has 1 fully saturated rings. The summed E-state index contributed by atoms with van der Waals surface area (Å²) in [5, 5.41) is 15.1. The van der Waals surface area contributed by atoms with Gasteiger partial charge in [-0.1, -0.05) is 13.8 Å². The van der Waals surface area contributed by atoms with Crippen LogP contribution in [0.1, 0.15) is 19.5 Å². The molecule has 2 heterocycles. The van der Waals surface area contributed by atoms with E-state index in [0.29, 0.717) is 12.0 Å². The summed E-state index contributed by atoms with van der Waals surface area (Å²) in [6.07, 6.45) is 0.977. The van der Waals surface area contributed by atoms with Gasteiger partial charge in [-0.2, -0.15) is 5.10 Å². The van der Waals surface area contributed by atoms with Gasteiger partial charge in [0, 0.05) is 19.1 Å². The third-order valence-electron chi connectivity index (χ3n) is 2.87. The van der Waals surface area contributed by atoms with Crippen LogP contribution in [0.5, 0.6) is 0 Å². The lowest BCUT2D eigenvalue weighted by Gasteiger charge is -2.24. The zero-order chi connectivity index (χ0) is 12.8. The average Bonchev–Trinajstić information content (AvgIpc) is 2.38. The van der Waals surface area contributed by atoms with E-state index < -0.39 is 0 Å². The molecule has 0 amide bonds. The van der Waals surface area contributed by atoms with E-state index in [1.54, 1.807) is 0 Å². The molecule has 1 aromatic heterocycles. The van der Waals surface area contributed by atoms with Gasteiger partial charge < -0.3 is 15.4 Å². The molecule has 5 nitrogen and oxygen atoms in total. The average molecular weight is 250 g/mol. The Morgan fingerprint density at radius 1 is 1.44 bits per heavy atom. The molecule has 1 aromatic rings. The monoisotopic (exact) mass is 250 g/mol. The minimum Gasteiger partial charge on any atom is -0.378 e. The van der Waals surface area contributed by atoms with Crippen molar-refractivity contribution in [1.29, 1.82) is 0 Å². The van der Waals surface area contributed by atoms with Crippen LogP contribution in [-0.4, -0.2) is 42.5 Å². The van der Waals surface area contributed by atoms with E-state index in [-0.39, 0.29) is 0 Å². The first-order chi connectivity index (χ1) is 8.74. The van der Waals surface area contributed by atoms with Crippen molar-refractivity contribution < 1.29 is 4.74 Å². The topological polar surface area (TPSA) is 59.1 Å². The Hall–Kier alpha value is -1.20. The summed E-state index contributed by atoms with van der Waals surface area (Å²) in [5.41, 5.74) is 1.05. The zero-order valence-electron chi connectivity index (χ0n) is 11.1. The van der Waals surface area contributed by atoms with Crippen LogP contribution < -0.4 is 10.6 Å². The van der Waals surface area contributed by atoms with Crippen LogP contribution in [0, 0.1) is 5.92 Å². The van der Waals surface area contributed by atoms with Crippen molar-refractivity contribution in [2.75, 3.05) is 31.6 Å². The van der Waals surface area contributed by atoms with Gasteiger partial charge in [-0.15, -0.1) is 5.10 Å². The number of ether oxygens (including phenoxy) is 1. The van der Waals surface area contributed by atoms with Crippen LogP contribution in [-0.2, 0) is 11.2 Å². The molecule has 0 aliphatic carbocycles. The highest BCUT2D eigenvalue weighted by atomic mass is 16.5. The largest absolute Gasteiger partial charge is 0.378 e. The van der Waals surface area contributed by atoms with Gasteiger partial charge in [0.1, 0.15) is 5.82 Å². The van der Waals surface area contributed by atoms with Crippen molar-refractivity contribution in [2.45, 2.75) is 26.3 Å². The quantitative estimate of drug-likeness (QED) is 0.819. The molecular formula is C13H22N4O. The lowest BCUT2D eigenvalue weighted by Crippen LogP contribution is -2.45. The fourth-order valence-corrected chi connectivity index (χ4v) is 1.96. The number of rotatable bonds is 5. The number of hydrogen-bond acceptors (Lipinski definition) is 5. The second-order valence-corrected chi connectivity index (χ2v) is 5.11. The lowest BCUT2D eigenvalue weighted by atomic mass is 10.1. The molecule has 5 heteroatoms. The molecule has 18 heavy (non-hydrogen) atoms. The fraction of sp³-hybridized carbons (Fsp3) is 0.692. The highest BCUT2D eigenvalue weighted by Crippen LogP contribution is 2.07. The third kappa shape index (κ3) is 4.23. The summed E-state index contributed by atoms with van der Waals surface area (Å²) in [4.78, 5) is 0. The van der Waals surface area contributed by atoms with Crippen LogP contribution in [0.15, 0.2) is 12.1 Å². The summed E-state index contributed by atoms with van der Waals surface area (Å²) in [6.45, 7) is 7.67. The Morgan fingerprint density at radius 2 is 2.33 bits per heavy atom. The van der Waals surface area contributed by atoms with Crippen molar-refractivity contribution in [3.63, 3.8) is 0 Å². The normalized spacial score (nSPS) is 20.1. The van der Waals surface area contributed by atoms with E-state index in [1.807, 2.05) is 12.1 Å². The van der Waals surface area contributed by atoms with Gasteiger partial charge in [0.25, 0.3) is 0 Å². The van der Waals surface area contributed by atoms with Crippen LogP contribution in [0.25, 0.3) is 0 Å². The van der Waals surface area contributed by atoms with Gasteiger partial charge in [-0.3, -0.25) is 0 Å². The maximum absolute atomic E-state index is 5.39. The molecule has 1 saturated heterocycles. The third-order valence-corrected chi connectivity index (χ3v) is 2.87. The summed E-state index contributed by atoms with van der Waals surface area (Å²) in [6, 6.07) is 4.39. The van der Waals surface area contributed by atoms with E-state index >= 15 is 0 Å². The van der Waals surface area contributed by atoms with Crippen LogP contribution in [0.4, 0.5) is 5.82 Å². The Balaban J connectivity index is 1.78. The lowest BCUT2D eigenvalue weighted by molar-refractivity contribution is 0.0806. The molecule has 1 aliphatic heterocycles. The minimum absolute atomic E-state index is 0.357. The van der Waals surface area contributed by atoms with Crippen molar-refractivity contribution in [3.8, 4) is 0 Å². The molecule has 1 atom stereocenters. The number of hydrogen-bond donors (Lipinski definition) is 2. The van der Waals surface area contributed by atoms with Crippen molar-refractivity contribution >= 4 is 5.82 Å². The SMILES string of the molecule is CC(C)Cc1ccc(NCC2COCCN2)nn1. The Bertz CT molecular complexity index is 347. The number of morpholine rings is 1. The molecule has 1 aliphatic rings. The summed E-state index contributed by atoms with van der Waals surface area (Å²) in [7, 11) is 0. The molecule has 0 aromatic carbocycles. The first-order valence-electron chi connectivity index (χ1n) is 6.61. The smallest absolute Gasteiger partial charge is 0.148 e. The number of nitrogens with zero attached hydrogens (tertiary/aromatic N) is 2. The molecule has 2 N–H and O–H groups in total. The Kier molecular flexibility index (Phi) is 4.90. The Labute approximate surface area is 108 Å². The minimum atomic E-state index is 0.357. The van der Waals surface area contributed by atoms with Gasteiger partial charge in [-0.25, -0.2) is 0 Å². The number of nitrogens with one attached hydrogen (secondary N) is 2. The predicted octanol–water partition coefficient (Wildman–Crippen LogP) is 1.08. The first kappa shape index (κ1) is 13.2. The molecule has 0 saturated carbocycles. The van der Waals surface area contributed by atoms with Crippen LogP contribution in [0.2, 0.25) is 0 Å².